The number of aliphatic hydroxyl groups excluding tert-OH is 1. The molecule has 0 aliphatic carbocycles. The van der Waals surface area contributed by atoms with Gasteiger partial charge in [0.1, 0.15) is 11.5 Å². The summed E-state index contributed by atoms with van der Waals surface area (Å²) < 4.78 is 0. The van der Waals surface area contributed by atoms with Crippen LogP contribution in [0.25, 0.3) is 0 Å². The van der Waals surface area contributed by atoms with Crippen LogP contribution in [0.3, 0.4) is 0 Å². The molecule has 0 aliphatic heterocycles. The molecule has 0 fully saturated rings. The van der Waals surface area contributed by atoms with E-state index in [1.165, 1.54) is 6.92 Å². The van der Waals surface area contributed by atoms with Crippen LogP contribution in [0.1, 0.15) is 60.7 Å². The van der Waals surface area contributed by atoms with Crippen molar-refractivity contribution in [1.82, 2.24) is 0 Å². The molecule has 4 nitrogen and oxygen atoms in total. The van der Waals surface area contributed by atoms with Crippen molar-refractivity contribution in [3.63, 3.8) is 0 Å². The number of rotatable bonds is 7. The molecule has 0 heterocycles. The summed E-state index contributed by atoms with van der Waals surface area (Å²) in [6.07, 6.45) is 5.54. The predicted molar refractivity (Wildman–Crippen MR) is 87.7 cm³/mol. The van der Waals surface area contributed by atoms with Crippen LogP contribution in [0.2, 0.25) is 5.02 Å². The SMILES string of the molecule is C/C=C/CCC(C)CC(O)c1c(O)c(Cl)c(C)c(C=O)c1O. The van der Waals surface area contributed by atoms with Gasteiger partial charge in [-0.15, -0.1) is 0 Å². The number of allylic oxidation sites excluding steroid dienone is 2. The molecule has 1 aromatic carbocycles. The van der Waals surface area contributed by atoms with Crippen LogP contribution in [0, 0.1) is 12.8 Å². The molecule has 0 bridgehead atoms. The highest BCUT2D eigenvalue weighted by Crippen LogP contribution is 2.44. The standard InChI is InChI=1S/C17H23ClO4/c1-4-5-6-7-10(2)8-13(20)14-16(21)12(9-19)11(3)15(18)17(14)22/h4-5,9-10,13,20-22H,6-8H2,1-3H3/b5-4+. The minimum absolute atomic E-state index is 0.00146. The van der Waals surface area contributed by atoms with Gasteiger partial charge in [-0.25, -0.2) is 0 Å². The lowest BCUT2D eigenvalue weighted by Gasteiger charge is -2.20. The molecule has 5 heteroatoms. The van der Waals surface area contributed by atoms with E-state index < -0.39 is 11.9 Å². The molecule has 1 aromatic rings. The average molecular weight is 327 g/mol. The van der Waals surface area contributed by atoms with E-state index >= 15 is 0 Å². The summed E-state index contributed by atoms with van der Waals surface area (Å²) in [4.78, 5) is 11.1. The number of aromatic hydroxyl groups is 2. The van der Waals surface area contributed by atoms with Crippen molar-refractivity contribution >= 4 is 17.9 Å². The van der Waals surface area contributed by atoms with Gasteiger partial charge in [-0.2, -0.15) is 0 Å². The maximum Gasteiger partial charge on any atom is 0.154 e. The number of carbonyl (C=O) groups is 1. The normalized spacial score (nSPS) is 14.2. The minimum atomic E-state index is -1.09. The van der Waals surface area contributed by atoms with Gasteiger partial charge in [-0.3, -0.25) is 4.79 Å². The third-order valence-corrected chi connectivity index (χ3v) is 4.31. The largest absolute Gasteiger partial charge is 0.507 e. The number of hydrogen-bond acceptors (Lipinski definition) is 4. The number of aliphatic hydroxyl groups is 1. The smallest absolute Gasteiger partial charge is 0.154 e. The second-order valence-electron chi connectivity index (χ2n) is 5.58. The van der Waals surface area contributed by atoms with Crippen molar-refractivity contribution in [2.75, 3.05) is 0 Å². The topological polar surface area (TPSA) is 77.8 Å². The molecule has 2 unspecified atom stereocenters. The fourth-order valence-corrected chi connectivity index (χ4v) is 2.68. The van der Waals surface area contributed by atoms with E-state index in [1.54, 1.807) is 0 Å². The van der Waals surface area contributed by atoms with Gasteiger partial charge in [0.25, 0.3) is 0 Å². The Kier molecular flexibility index (Phi) is 6.91. The third-order valence-electron chi connectivity index (χ3n) is 3.85. The maximum absolute atomic E-state index is 11.1. The first-order valence-electron chi connectivity index (χ1n) is 7.33. The summed E-state index contributed by atoms with van der Waals surface area (Å²) in [7, 11) is 0. The van der Waals surface area contributed by atoms with Crippen molar-refractivity contribution < 1.29 is 20.1 Å². The number of halogens is 1. The van der Waals surface area contributed by atoms with Crippen LogP contribution in [0.5, 0.6) is 11.5 Å². The van der Waals surface area contributed by atoms with Crippen LogP contribution < -0.4 is 0 Å². The molecule has 0 aliphatic rings. The van der Waals surface area contributed by atoms with E-state index in [2.05, 4.69) is 0 Å². The van der Waals surface area contributed by atoms with Gasteiger partial charge in [0.2, 0.25) is 0 Å². The molecule has 0 saturated carbocycles. The van der Waals surface area contributed by atoms with Gasteiger partial charge in [-0.05, 0) is 44.6 Å². The van der Waals surface area contributed by atoms with Crippen LogP contribution in [-0.2, 0) is 0 Å². The maximum atomic E-state index is 11.1. The van der Waals surface area contributed by atoms with E-state index in [9.17, 15) is 20.1 Å². The van der Waals surface area contributed by atoms with E-state index in [1.807, 2.05) is 26.0 Å². The van der Waals surface area contributed by atoms with E-state index in [4.69, 9.17) is 11.6 Å². The number of hydrogen-bond donors (Lipinski definition) is 3. The van der Waals surface area contributed by atoms with Crippen LogP contribution in [-0.4, -0.2) is 21.6 Å². The zero-order valence-electron chi connectivity index (χ0n) is 13.1. The molecular weight excluding hydrogens is 304 g/mol. The van der Waals surface area contributed by atoms with E-state index in [0.717, 1.165) is 12.8 Å². The second-order valence-corrected chi connectivity index (χ2v) is 5.96. The van der Waals surface area contributed by atoms with Gasteiger partial charge < -0.3 is 15.3 Å². The lowest BCUT2D eigenvalue weighted by atomic mass is 9.91. The lowest BCUT2D eigenvalue weighted by molar-refractivity contribution is 0.111. The fourth-order valence-electron chi connectivity index (χ4n) is 2.47. The van der Waals surface area contributed by atoms with Crippen molar-refractivity contribution in [1.29, 1.82) is 0 Å². The van der Waals surface area contributed by atoms with Crippen molar-refractivity contribution in [3.05, 3.63) is 33.9 Å². The summed E-state index contributed by atoms with van der Waals surface area (Å²) in [6.45, 7) is 5.46. The highest BCUT2D eigenvalue weighted by atomic mass is 35.5. The quantitative estimate of drug-likeness (QED) is 0.516. The van der Waals surface area contributed by atoms with Gasteiger partial charge in [0, 0.05) is 0 Å². The van der Waals surface area contributed by atoms with Gasteiger partial charge >= 0.3 is 0 Å². The summed E-state index contributed by atoms with van der Waals surface area (Å²) in [5.41, 5.74) is 0.220. The Morgan fingerprint density at radius 1 is 1.27 bits per heavy atom. The van der Waals surface area contributed by atoms with Crippen molar-refractivity contribution in [2.45, 2.75) is 46.1 Å². The van der Waals surface area contributed by atoms with Crippen molar-refractivity contribution in [2.24, 2.45) is 5.92 Å². The molecule has 0 radical (unpaired) electrons. The average Bonchev–Trinajstić information content (AvgIpc) is 2.46. The van der Waals surface area contributed by atoms with Crippen molar-refractivity contribution in [3.8, 4) is 11.5 Å². The first-order valence-corrected chi connectivity index (χ1v) is 7.71. The lowest BCUT2D eigenvalue weighted by Crippen LogP contribution is -2.07. The molecule has 0 saturated heterocycles. The fraction of sp³-hybridized carbons (Fsp3) is 0.471. The van der Waals surface area contributed by atoms with Gasteiger partial charge in [-0.1, -0.05) is 30.7 Å². The molecule has 3 N–H and O–H groups in total. The highest BCUT2D eigenvalue weighted by Gasteiger charge is 2.26. The number of aldehydes is 1. The molecule has 2 atom stereocenters. The Morgan fingerprint density at radius 3 is 2.45 bits per heavy atom. The molecular formula is C17H23ClO4. The number of phenolic OH excluding ortho intramolecular Hbond substituents is 2. The van der Waals surface area contributed by atoms with Gasteiger partial charge in [0.05, 0.1) is 22.3 Å². The minimum Gasteiger partial charge on any atom is -0.507 e. The number of benzene rings is 1. The molecule has 0 aromatic heterocycles. The zero-order chi connectivity index (χ0) is 16.9. The highest BCUT2D eigenvalue weighted by molar-refractivity contribution is 6.33. The molecule has 122 valence electrons. The Bertz CT molecular complexity index is 567. The Labute approximate surface area is 136 Å². The molecule has 1 rings (SSSR count). The van der Waals surface area contributed by atoms with Gasteiger partial charge in [0.15, 0.2) is 6.29 Å². The van der Waals surface area contributed by atoms with Crippen LogP contribution in [0.15, 0.2) is 12.2 Å². The summed E-state index contributed by atoms with van der Waals surface area (Å²) in [5.74, 6) is -0.581. The number of carbonyl (C=O) groups excluding carboxylic acids is 1. The first-order chi connectivity index (χ1) is 10.3. The Balaban J connectivity index is 3.05. The Morgan fingerprint density at radius 2 is 1.91 bits per heavy atom. The number of phenols is 2. The van der Waals surface area contributed by atoms with E-state index in [-0.39, 0.29) is 27.8 Å². The summed E-state index contributed by atoms with van der Waals surface area (Å²) in [6, 6.07) is 0. The second kappa shape index (κ2) is 8.20. The predicted octanol–water partition coefficient (Wildman–Crippen LogP) is 4.29. The monoisotopic (exact) mass is 326 g/mol. The van der Waals surface area contributed by atoms with Crippen LogP contribution in [0.4, 0.5) is 0 Å². The zero-order valence-corrected chi connectivity index (χ0v) is 13.9. The first kappa shape index (κ1) is 18.5. The van der Waals surface area contributed by atoms with E-state index in [0.29, 0.717) is 18.3 Å². The molecule has 0 spiro atoms. The van der Waals surface area contributed by atoms with Crippen LogP contribution >= 0.6 is 11.6 Å². The summed E-state index contributed by atoms with van der Waals surface area (Å²) in [5, 5.41) is 30.6. The molecule has 22 heavy (non-hydrogen) atoms. The molecule has 0 amide bonds. The summed E-state index contributed by atoms with van der Waals surface area (Å²) >= 11 is 5.98. The third kappa shape index (κ3) is 4.02. The Hall–Kier alpha value is -1.52.